The molecule has 0 saturated carbocycles. The normalized spacial score (nSPS) is 15.7. The van der Waals surface area contributed by atoms with Crippen LogP contribution in [0.1, 0.15) is 24.0 Å². The fourth-order valence-electron chi connectivity index (χ4n) is 3.50. The zero-order valence-electron chi connectivity index (χ0n) is 17.3. The average molecular weight is 404 g/mol. The van der Waals surface area contributed by atoms with E-state index in [1.807, 2.05) is 36.4 Å². The van der Waals surface area contributed by atoms with Crippen LogP contribution in [0.15, 0.2) is 78.9 Å². The predicted molar refractivity (Wildman–Crippen MR) is 120 cm³/mol. The highest BCUT2D eigenvalue weighted by Gasteiger charge is 2.15. The van der Waals surface area contributed by atoms with E-state index in [9.17, 15) is 0 Å². The Morgan fingerprint density at radius 2 is 1.70 bits per heavy atom. The highest BCUT2D eigenvalue weighted by molar-refractivity contribution is 5.48. The van der Waals surface area contributed by atoms with Gasteiger partial charge in [0.2, 0.25) is 0 Å². The van der Waals surface area contributed by atoms with Gasteiger partial charge in [0.25, 0.3) is 0 Å². The molecule has 1 unspecified atom stereocenters. The molecule has 4 nitrogen and oxygen atoms in total. The Kier molecular flexibility index (Phi) is 7.24. The highest BCUT2D eigenvalue weighted by atomic mass is 16.5. The summed E-state index contributed by atoms with van der Waals surface area (Å²) in [6.45, 7) is 2.91. The van der Waals surface area contributed by atoms with Crippen LogP contribution in [0.5, 0.6) is 11.5 Å². The van der Waals surface area contributed by atoms with Crippen LogP contribution in [0.4, 0.5) is 5.69 Å². The zero-order valence-corrected chi connectivity index (χ0v) is 17.3. The number of hydrogen-bond acceptors (Lipinski definition) is 4. The third-order valence-corrected chi connectivity index (χ3v) is 5.22. The van der Waals surface area contributed by atoms with E-state index < -0.39 is 0 Å². The number of ether oxygens (including phenoxy) is 3. The number of anilines is 1. The first kappa shape index (κ1) is 20.3. The molecular formula is C26H29NO3. The lowest BCUT2D eigenvalue weighted by Gasteiger charge is -2.12. The van der Waals surface area contributed by atoms with Crippen LogP contribution in [-0.2, 0) is 17.7 Å². The molecule has 1 fully saturated rings. The molecule has 1 heterocycles. The fraction of sp³-hybridized carbons (Fsp3) is 0.308. The van der Waals surface area contributed by atoms with Crippen molar-refractivity contribution in [1.29, 1.82) is 0 Å². The van der Waals surface area contributed by atoms with E-state index in [-0.39, 0.29) is 6.10 Å². The maximum Gasteiger partial charge on any atom is 0.121 e. The molecule has 156 valence electrons. The van der Waals surface area contributed by atoms with E-state index in [0.717, 1.165) is 49.6 Å². The third-order valence-electron chi connectivity index (χ3n) is 5.22. The van der Waals surface area contributed by atoms with Crippen molar-refractivity contribution in [3.05, 3.63) is 90.0 Å². The molecule has 0 aromatic heterocycles. The van der Waals surface area contributed by atoms with Crippen molar-refractivity contribution in [3.8, 4) is 11.5 Å². The molecule has 0 radical (unpaired) electrons. The Labute approximate surface area is 178 Å². The molecule has 0 amide bonds. The molecule has 4 heteroatoms. The van der Waals surface area contributed by atoms with E-state index in [4.69, 9.17) is 14.2 Å². The molecular weight excluding hydrogens is 374 g/mol. The van der Waals surface area contributed by atoms with Gasteiger partial charge in [0.05, 0.1) is 12.7 Å². The van der Waals surface area contributed by atoms with Crippen molar-refractivity contribution in [3.63, 3.8) is 0 Å². The molecule has 3 aromatic rings. The summed E-state index contributed by atoms with van der Waals surface area (Å²) in [5, 5.41) is 3.46. The van der Waals surface area contributed by atoms with Crippen molar-refractivity contribution in [1.82, 2.24) is 0 Å². The summed E-state index contributed by atoms with van der Waals surface area (Å²) in [4.78, 5) is 0. The third kappa shape index (κ3) is 6.26. The first-order chi connectivity index (χ1) is 14.8. The number of benzene rings is 3. The van der Waals surface area contributed by atoms with Gasteiger partial charge in [-0.05, 0) is 48.2 Å². The van der Waals surface area contributed by atoms with Crippen LogP contribution in [0.25, 0.3) is 0 Å². The van der Waals surface area contributed by atoms with E-state index in [2.05, 4.69) is 47.8 Å². The van der Waals surface area contributed by atoms with Crippen molar-refractivity contribution in [2.75, 3.05) is 25.1 Å². The first-order valence-electron chi connectivity index (χ1n) is 10.7. The summed E-state index contributed by atoms with van der Waals surface area (Å²) in [6, 6.07) is 26.8. The van der Waals surface area contributed by atoms with Gasteiger partial charge in [-0.2, -0.15) is 0 Å². The average Bonchev–Trinajstić information content (AvgIpc) is 3.32. The molecule has 1 aliphatic rings. The minimum absolute atomic E-state index is 0.244. The minimum atomic E-state index is 0.244. The Hall–Kier alpha value is -2.98. The van der Waals surface area contributed by atoms with Crippen molar-refractivity contribution < 1.29 is 14.2 Å². The lowest BCUT2D eigenvalue weighted by molar-refractivity contribution is 0.0679. The first-order valence-corrected chi connectivity index (χ1v) is 10.7. The molecule has 1 saturated heterocycles. The lowest BCUT2D eigenvalue weighted by atomic mass is 10.2. The summed E-state index contributed by atoms with van der Waals surface area (Å²) in [5.74, 6) is 1.77. The molecule has 0 aliphatic carbocycles. The van der Waals surface area contributed by atoms with Crippen LogP contribution in [0, 0.1) is 0 Å². The van der Waals surface area contributed by atoms with Crippen LogP contribution in [-0.4, -0.2) is 25.9 Å². The second-order valence-corrected chi connectivity index (χ2v) is 7.56. The van der Waals surface area contributed by atoms with Crippen LogP contribution in [0.3, 0.4) is 0 Å². The number of rotatable bonds is 10. The maximum absolute atomic E-state index is 5.92. The fourth-order valence-corrected chi connectivity index (χ4v) is 3.50. The molecule has 1 atom stereocenters. The van der Waals surface area contributed by atoms with Crippen LogP contribution < -0.4 is 14.8 Å². The van der Waals surface area contributed by atoms with E-state index in [0.29, 0.717) is 13.2 Å². The lowest BCUT2D eigenvalue weighted by Crippen LogP contribution is -2.16. The van der Waals surface area contributed by atoms with Gasteiger partial charge in [0, 0.05) is 31.3 Å². The Morgan fingerprint density at radius 1 is 0.833 bits per heavy atom. The van der Waals surface area contributed by atoms with Gasteiger partial charge in [-0.25, -0.2) is 0 Å². The largest absolute Gasteiger partial charge is 0.493 e. The van der Waals surface area contributed by atoms with E-state index in [1.54, 1.807) is 0 Å². The van der Waals surface area contributed by atoms with E-state index in [1.165, 1.54) is 11.1 Å². The predicted octanol–water partition coefficient (Wildman–Crippen LogP) is 5.48. The van der Waals surface area contributed by atoms with Gasteiger partial charge in [0.1, 0.15) is 18.1 Å². The molecule has 3 aromatic carbocycles. The monoisotopic (exact) mass is 403 g/mol. The zero-order chi connectivity index (χ0) is 20.4. The summed E-state index contributed by atoms with van der Waals surface area (Å²) >= 11 is 0. The van der Waals surface area contributed by atoms with Crippen molar-refractivity contribution in [2.24, 2.45) is 0 Å². The number of hydrogen-bond donors (Lipinski definition) is 1. The molecule has 0 spiro atoms. The molecule has 1 aliphatic heterocycles. The summed E-state index contributed by atoms with van der Waals surface area (Å²) in [5.41, 5.74) is 3.54. The van der Waals surface area contributed by atoms with Crippen molar-refractivity contribution >= 4 is 5.69 Å². The highest BCUT2D eigenvalue weighted by Crippen LogP contribution is 2.20. The second-order valence-electron chi connectivity index (χ2n) is 7.56. The molecule has 0 bridgehead atoms. The number of nitrogens with one attached hydrogen (secondary N) is 1. The smallest absolute Gasteiger partial charge is 0.121 e. The van der Waals surface area contributed by atoms with Crippen LogP contribution in [0.2, 0.25) is 0 Å². The van der Waals surface area contributed by atoms with Gasteiger partial charge < -0.3 is 19.5 Å². The Morgan fingerprint density at radius 3 is 2.50 bits per heavy atom. The molecule has 1 N–H and O–H groups in total. The van der Waals surface area contributed by atoms with Gasteiger partial charge in [0.15, 0.2) is 0 Å². The van der Waals surface area contributed by atoms with Crippen molar-refractivity contribution in [2.45, 2.75) is 31.9 Å². The van der Waals surface area contributed by atoms with Crippen LogP contribution >= 0.6 is 0 Å². The second kappa shape index (κ2) is 10.7. The molecule has 4 rings (SSSR count). The summed E-state index contributed by atoms with van der Waals surface area (Å²) < 4.78 is 17.3. The topological polar surface area (TPSA) is 39.7 Å². The summed E-state index contributed by atoms with van der Waals surface area (Å²) in [7, 11) is 0. The Balaban J connectivity index is 1.22. The van der Waals surface area contributed by atoms with E-state index >= 15 is 0 Å². The maximum atomic E-state index is 5.92. The SMILES string of the molecule is c1ccc(CCOc2cccc(NCc3ccc(OCC4CCCO4)cc3)c2)cc1. The minimum Gasteiger partial charge on any atom is -0.493 e. The molecule has 30 heavy (non-hydrogen) atoms. The van der Waals surface area contributed by atoms with Gasteiger partial charge >= 0.3 is 0 Å². The van der Waals surface area contributed by atoms with Gasteiger partial charge in [-0.15, -0.1) is 0 Å². The summed E-state index contributed by atoms with van der Waals surface area (Å²) in [6.07, 6.45) is 3.38. The quantitative estimate of drug-likeness (QED) is 0.487. The van der Waals surface area contributed by atoms with Gasteiger partial charge in [-0.1, -0.05) is 48.5 Å². The standard InChI is InChI=1S/C26H29NO3/c1-2-6-21(7-3-1)15-17-29-25-9-4-8-23(18-25)27-19-22-11-13-24(14-12-22)30-20-26-10-5-16-28-26/h1-4,6-9,11-14,18,26-27H,5,10,15-17,19-20H2. The Bertz CT molecular complexity index is 890. The van der Waals surface area contributed by atoms with Gasteiger partial charge in [-0.3, -0.25) is 0 Å².